The lowest BCUT2D eigenvalue weighted by Crippen LogP contribution is -2.39. The van der Waals surface area contributed by atoms with Crippen LogP contribution < -0.4 is 5.73 Å². The van der Waals surface area contributed by atoms with E-state index in [0.717, 1.165) is 32.6 Å². The molecular weight excluding hydrogens is 240 g/mol. The van der Waals surface area contributed by atoms with Crippen LogP contribution in [0, 0.1) is 11.3 Å². The first kappa shape index (κ1) is 16.2. The van der Waals surface area contributed by atoms with Gasteiger partial charge in [0.05, 0.1) is 0 Å². The molecule has 0 aliphatic heterocycles. The van der Waals surface area contributed by atoms with Crippen LogP contribution in [0.5, 0.6) is 0 Å². The molecular formula is C14H30N4O. The lowest BCUT2D eigenvalue weighted by molar-refractivity contribution is 0.182. The summed E-state index contributed by atoms with van der Waals surface area (Å²) in [6, 6.07) is 0. The standard InChI is InChI=1S/C14H30N4O/c1-12(2)10-18(8-7-17(3)4)11-14(5-6-14)9-13(15)16-19/h12,19H,5-11H2,1-4H3,(H2,15,16). The Morgan fingerprint density at radius 3 is 2.37 bits per heavy atom. The third-order valence-corrected chi connectivity index (χ3v) is 3.69. The molecule has 3 N–H and O–H groups in total. The summed E-state index contributed by atoms with van der Waals surface area (Å²) in [6.07, 6.45) is 3.11. The summed E-state index contributed by atoms with van der Waals surface area (Å²) >= 11 is 0. The molecule has 1 saturated carbocycles. The van der Waals surface area contributed by atoms with E-state index in [0.29, 0.717) is 11.8 Å². The summed E-state index contributed by atoms with van der Waals surface area (Å²) in [5.41, 5.74) is 5.93. The highest BCUT2D eigenvalue weighted by molar-refractivity contribution is 5.80. The van der Waals surface area contributed by atoms with Crippen LogP contribution in [-0.2, 0) is 0 Å². The van der Waals surface area contributed by atoms with E-state index >= 15 is 0 Å². The summed E-state index contributed by atoms with van der Waals surface area (Å²) in [5.74, 6) is 1.04. The molecule has 112 valence electrons. The Labute approximate surface area is 117 Å². The van der Waals surface area contributed by atoms with Gasteiger partial charge in [-0.15, -0.1) is 0 Å². The summed E-state index contributed by atoms with van der Waals surface area (Å²) < 4.78 is 0. The third kappa shape index (κ3) is 6.25. The van der Waals surface area contributed by atoms with E-state index in [9.17, 15) is 0 Å². The maximum atomic E-state index is 8.72. The fourth-order valence-electron chi connectivity index (χ4n) is 2.55. The molecule has 5 heteroatoms. The van der Waals surface area contributed by atoms with Gasteiger partial charge in [0.25, 0.3) is 0 Å². The van der Waals surface area contributed by atoms with Gasteiger partial charge in [0, 0.05) is 32.6 Å². The molecule has 1 rings (SSSR count). The van der Waals surface area contributed by atoms with Crippen LogP contribution in [0.1, 0.15) is 33.1 Å². The van der Waals surface area contributed by atoms with Crippen molar-refractivity contribution in [2.24, 2.45) is 22.2 Å². The van der Waals surface area contributed by atoms with Gasteiger partial charge in [-0.2, -0.15) is 0 Å². The number of oxime groups is 1. The van der Waals surface area contributed by atoms with Gasteiger partial charge in [0.1, 0.15) is 5.84 Å². The zero-order valence-corrected chi connectivity index (χ0v) is 12.9. The first-order valence-electron chi connectivity index (χ1n) is 7.20. The molecule has 0 aromatic rings. The van der Waals surface area contributed by atoms with Crippen molar-refractivity contribution in [1.29, 1.82) is 0 Å². The summed E-state index contributed by atoms with van der Waals surface area (Å²) in [6.45, 7) is 8.86. The number of rotatable bonds is 9. The molecule has 0 amide bonds. The molecule has 1 fully saturated rings. The van der Waals surface area contributed by atoms with Crippen molar-refractivity contribution >= 4 is 5.84 Å². The summed E-state index contributed by atoms with van der Waals surface area (Å²) in [7, 11) is 4.22. The van der Waals surface area contributed by atoms with E-state index in [1.807, 2.05) is 0 Å². The Balaban J connectivity index is 2.51. The maximum absolute atomic E-state index is 8.72. The van der Waals surface area contributed by atoms with Crippen molar-refractivity contribution < 1.29 is 5.21 Å². The lowest BCUT2D eigenvalue weighted by Gasteiger charge is -2.29. The van der Waals surface area contributed by atoms with Gasteiger partial charge in [0.15, 0.2) is 0 Å². The van der Waals surface area contributed by atoms with E-state index in [1.54, 1.807) is 0 Å². The van der Waals surface area contributed by atoms with Crippen LogP contribution in [0.2, 0.25) is 0 Å². The topological polar surface area (TPSA) is 65.1 Å². The van der Waals surface area contributed by atoms with Crippen molar-refractivity contribution in [3.05, 3.63) is 0 Å². The minimum absolute atomic E-state index is 0.261. The second-order valence-corrected chi connectivity index (χ2v) is 6.70. The Kier molecular flexibility index (Phi) is 6.07. The molecule has 1 aliphatic rings. The quantitative estimate of drug-likeness (QED) is 0.288. The second-order valence-electron chi connectivity index (χ2n) is 6.70. The molecule has 0 saturated heterocycles. The predicted molar refractivity (Wildman–Crippen MR) is 79.5 cm³/mol. The molecule has 0 radical (unpaired) electrons. The normalized spacial score (nSPS) is 18.6. The number of hydrogen-bond donors (Lipinski definition) is 2. The number of nitrogens with zero attached hydrogens (tertiary/aromatic N) is 3. The molecule has 0 aromatic carbocycles. The van der Waals surface area contributed by atoms with Crippen LogP contribution in [0.3, 0.4) is 0 Å². The predicted octanol–water partition coefficient (Wildman–Crippen LogP) is 1.42. The van der Waals surface area contributed by atoms with Crippen molar-refractivity contribution in [1.82, 2.24) is 9.80 Å². The van der Waals surface area contributed by atoms with Crippen molar-refractivity contribution in [2.75, 3.05) is 40.3 Å². The molecule has 0 unspecified atom stereocenters. The van der Waals surface area contributed by atoms with E-state index in [4.69, 9.17) is 10.9 Å². The largest absolute Gasteiger partial charge is 0.409 e. The lowest BCUT2D eigenvalue weighted by atomic mass is 10.0. The Hall–Kier alpha value is -0.810. The van der Waals surface area contributed by atoms with Crippen molar-refractivity contribution in [3.63, 3.8) is 0 Å². The Bertz CT molecular complexity index is 298. The summed E-state index contributed by atoms with van der Waals surface area (Å²) in [5, 5.41) is 11.8. The molecule has 0 aromatic heterocycles. The number of likely N-dealkylation sites (N-methyl/N-ethyl adjacent to an activating group) is 1. The average molecular weight is 270 g/mol. The van der Waals surface area contributed by atoms with Crippen molar-refractivity contribution in [3.8, 4) is 0 Å². The highest BCUT2D eigenvalue weighted by atomic mass is 16.4. The molecule has 0 atom stereocenters. The van der Waals surface area contributed by atoms with Crippen LogP contribution in [0.25, 0.3) is 0 Å². The number of hydrogen-bond acceptors (Lipinski definition) is 4. The second kappa shape index (κ2) is 7.10. The molecule has 19 heavy (non-hydrogen) atoms. The first-order chi connectivity index (χ1) is 8.87. The van der Waals surface area contributed by atoms with Crippen LogP contribution >= 0.6 is 0 Å². The SMILES string of the molecule is CC(C)CN(CCN(C)C)CC1(CC(N)=NO)CC1. The fraction of sp³-hybridized carbons (Fsp3) is 0.929. The highest BCUT2D eigenvalue weighted by Crippen LogP contribution is 2.49. The van der Waals surface area contributed by atoms with E-state index in [2.05, 4.69) is 42.9 Å². The van der Waals surface area contributed by atoms with Crippen LogP contribution in [0.4, 0.5) is 0 Å². The van der Waals surface area contributed by atoms with Gasteiger partial charge >= 0.3 is 0 Å². The smallest absolute Gasteiger partial charge is 0.139 e. The minimum Gasteiger partial charge on any atom is -0.409 e. The zero-order chi connectivity index (χ0) is 14.5. The molecule has 0 spiro atoms. The monoisotopic (exact) mass is 270 g/mol. The molecule has 5 nitrogen and oxygen atoms in total. The Morgan fingerprint density at radius 1 is 1.32 bits per heavy atom. The average Bonchev–Trinajstić information content (AvgIpc) is 3.04. The van der Waals surface area contributed by atoms with Crippen LogP contribution in [0.15, 0.2) is 5.16 Å². The number of nitrogens with two attached hydrogens (primary N) is 1. The highest BCUT2D eigenvalue weighted by Gasteiger charge is 2.44. The van der Waals surface area contributed by atoms with Crippen molar-refractivity contribution in [2.45, 2.75) is 33.1 Å². The minimum atomic E-state index is 0.261. The molecule has 0 heterocycles. The maximum Gasteiger partial charge on any atom is 0.139 e. The van der Waals surface area contributed by atoms with Gasteiger partial charge in [-0.3, -0.25) is 0 Å². The number of amidine groups is 1. The first-order valence-corrected chi connectivity index (χ1v) is 7.20. The van der Waals surface area contributed by atoms with Crippen LogP contribution in [-0.4, -0.2) is 61.1 Å². The van der Waals surface area contributed by atoms with Gasteiger partial charge in [-0.05, 0) is 38.3 Å². The van der Waals surface area contributed by atoms with Gasteiger partial charge in [0.2, 0.25) is 0 Å². The Morgan fingerprint density at radius 2 is 1.95 bits per heavy atom. The fourth-order valence-corrected chi connectivity index (χ4v) is 2.55. The van der Waals surface area contributed by atoms with Gasteiger partial charge in [-0.1, -0.05) is 19.0 Å². The van der Waals surface area contributed by atoms with Gasteiger partial charge in [-0.25, -0.2) is 0 Å². The molecule has 1 aliphatic carbocycles. The third-order valence-electron chi connectivity index (χ3n) is 3.69. The van der Waals surface area contributed by atoms with E-state index < -0.39 is 0 Å². The van der Waals surface area contributed by atoms with E-state index in [-0.39, 0.29) is 5.41 Å². The zero-order valence-electron chi connectivity index (χ0n) is 12.9. The van der Waals surface area contributed by atoms with Gasteiger partial charge < -0.3 is 20.7 Å². The molecule has 0 bridgehead atoms. The summed E-state index contributed by atoms with van der Waals surface area (Å²) in [4.78, 5) is 4.75. The van der Waals surface area contributed by atoms with E-state index in [1.165, 1.54) is 12.8 Å².